The molecule has 1 aromatic rings. The molecule has 1 atom stereocenters. The summed E-state index contributed by atoms with van der Waals surface area (Å²) in [6.45, 7) is 7.20. The molecule has 0 saturated carbocycles. The van der Waals surface area contributed by atoms with Crippen LogP contribution in [-0.4, -0.2) is 23.0 Å². The Kier molecular flexibility index (Phi) is 4.74. The van der Waals surface area contributed by atoms with Crippen molar-refractivity contribution in [2.24, 2.45) is 5.41 Å². The Morgan fingerprint density at radius 2 is 1.89 bits per heavy atom. The van der Waals surface area contributed by atoms with Crippen molar-refractivity contribution in [3.63, 3.8) is 0 Å². The standard InChI is InChI=1S/C14H18BrNO3/c1-8-6-5-7-9(10(8)15)12(17)16-11(13(18)19)14(2,3)4/h5-7,11H,1-4H3,(H,16,17)(H,18,19)/t11-/m1/s1. The summed E-state index contributed by atoms with van der Waals surface area (Å²) in [4.78, 5) is 23.4. The third-order valence-electron chi connectivity index (χ3n) is 2.82. The number of benzene rings is 1. The van der Waals surface area contributed by atoms with E-state index in [4.69, 9.17) is 0 Å². The van der Waals surface area contributed by atoms with Gasteiger partial charge in [-0.2, -0.15) is 0 Å². The third kappa shape index (κ3) is 3.80. The number of aliphatic carboxylic acids is 1. The third-order valence-corrected chi connectivity index (χ3v) is 3.88. The highest BCUT2D eigenvalue weighted by atomic mass is 79.9. The predicted molar refractivity (Wildman–Crippen MR) is 77.2 cm³/mol. The second kappa shape index (κ2) is 5.74. The Balaban J connectivity index is 3.02. The van der Waals surface area contributed by atoms with Crippen molar-refractivity contribution in [2.45, 2.75) is 33.7 Å². The SMILES string of the molecule is Cc1cccc(C(=O)N[C@H](C(=O)O)C(C)(C)C)c1Br. The molecule has 0 aliphatic carbocycles. The van der Waals surface area contributed by atoms with Crippen LogP contribution in [0.5, 0.6) is 0 Å². The molecule has 104 valence electrons. The lowest BCUT2D eigenvalue weighted by atomic mass is 9.86. The van der Waals surface area contributed by atoms with Gasteiger partial charge in [-0.25, -0.2) is 4.79 Å². The topological polar surface area (TPSA) is 66.4 Å². The summed E-state index contributed by atoms with van der Waals surface area (Å²) in [5, 5.41) is 11.8. The molecule has 0 radical (unpaired) electrons. The molecule has 0 aliphatic rings. The van der Waals surface area contributed by atoms with E-state index in [2.05, 4.69) is 21.2 Å². The molecule has 5 heteroatoms. The molecular weight excluding hydrogens is 310 g/mol. The van der Waals surface area contributed by atoms with Gasteiger partial charge in [-0.1, -0.05) is 32.9 Å². The van der Waals surface area contributed by atoms with Gasteiger partial charge in [-0.3, -0.25) is 4.79 Å². The van der Waals surface area contributed by atoms with Gasteiger partial charge < -0.3 is 10.4 Å². The minimum absolute atomic E-state index is 0.391. The van der Waals surface area contributed by atoms with Gasteiger partial charge in [0.2, 0.25) is 0 Å². The molecule has 1 rings (SSSR count). The fraction of sp³-hybridized carbons (Fsp3) is 0.429. The highest BCUT2D eigenvalue weighted by molar-refractivity contribution is 9.10. The number of amides is 1. The summed E-state index contributed by atoms with van der Waals surface area (Å²) in [5.41, 5.74) is 0.809. The molecule has 0 aromatic heterocycles. The number of hydrogen-bond acceptors (Lipinski definition) is 2. The molecular formula is C14H18BrNO3. The molecule has 1 amide bonds. The smallest absolute Gasteiger partial charge is 0.326 e. The summed E-state index contributed by atoms with van der Waals surface area (Å²) in [7, 11) is 0. The molecule has 0 saturated heterocycles. The summed E-state index contributed by atoms with van der Waals surface area (Å²) in [6, 6.07) is 4.36. The van der Waals surface area contributed by atoms with E-state index in [1.807, 2.05) is 13.0 Å². The molecule has 0 bridgehead atoms. The Labute approximate surface area is 121 Å². The zero-order valence-corrected chi connectivity index (χ0v) is 13.0. The van der Waals surface area contributed by atoms with Crippen molar-refractivity contribution in [1.82, 2.24) is 5.32 Å². The van der Waals surface area contributed by atoms with E-state index >= 15 is 0 Å². The van der Waals surface area contributed by atoms with Crippen LogP contribution in [0.3, 0.4) is 0 Å². The summed E-state index contributed by atoms with van der Waals surface area (Å²) < 4.78 is 0.686. The van der Waals surface area contributed by atoms with Crippen LogP contribution in [0.4, 0.5) is 0 Å². The van der Waals surface area contributed by atoms with E-state index < -0.39 is 23.3 Å². The van der Waals surface area contributed by atoms with Gasteiger partial charge in [0.05, 0.1) is 5.56 Å². The van der Waals surface area contributed by atoms with Crippen LogP contribution < -0.4 is 5.32 Å². The lowest BCUT2D eigenvalue weighted by Crippen LogP contribution is -2.49. The van der Waals surface area contributed by atoms with E-state index in [0.29, 0.717) is 10.0 Å². The molecule has 0 heterocycles. The lowest BCUT2D eigenvalue weighted by molar-refractivity contribution is -0.142. The van der Waals surface area contributed by atoms with E-state index in [1.54, 1.807) is 32.9 Å². The van der Waals surface area contributed by atoms with Crippen molar-refractivity contribution >= 4 is 27.8 Å². The minimum atomic E-state index is -1.04. The monoisotopic (exact) mass is 327 g/mol. The first-order chi connectivity index (χ1) is 8.64. The number of halogens is 1. The van der Waals surface area contributed by atoms with Crippen molar-refractivity contribution in [2.75, 3.05) is 0 Å². The molecule has 0 fully saturated rings. The van der Waals surface area contributed by atoms with Crippen LogP contribution in [0.2, 0.25) is 0 Å². The molecule has 0 spiro atoms. The zero-order valence-electron chi connectivity index (χ0n) is 11.5. The largest absolute Gasteiger partial charge is 0.480 e. The quantitative estimate of drug-likeness (QED) is 0.896. The van der Waals surface area contributed by atoms with E-state index in [1.165, 1.54) is 0 Å². The number of carbonyl (C=O) groups is 2. The van der Waals surface area contributed by atoms with Gasteiger partial charge in [0.25, 0.3) is 5.91 Å². The van der Waals surface area contributed by atoms with Crippen molar-refractivity contribution in [3.05, 3.63) is 33.8 Å². The summed E-state index contributed by atoms with van der Waals surface area (Å²) >= 11 is 3.35. The maximum absolute atomic E-state index is 12.2. The van der Waals surface area contributed by atoms with Gasteiger partial charge in [0.15, 0.2) is 0 Å². The Bertz CT molecular complexity index is 506. The van der Waals surface area contributed by atoms with Crippen LogP contribution in [-0.2, 0) is 4.79 Å². The first-order valence-electron chi connectivity index (χ1n) is 5.93. The van der Waals surface area contributed by atoms with Gasteiger partial charge in [0, 0.05) is 4.47 Å². The van der Waals surface area contributed by atoms with Gasteiger partial charge in [-0.05, 0) is 39.9 Å². The highest BCUT2D eigenvalue weighted by Gasteiger charge is 2.33. The molecule has 4 nitrogen and oxygen atoms in total. The number of carbonyl (C=O) groups excluding carboxylic acids is 1. The average Bonchev–Trinajstić information content (AvgIpc) is 2.27. The maximum atomic E-state index is 12.2. The second-order valence-electron chi connectivity index (χ2n) is 5.55. The average molecular weight is 328 g/mol. The minimum Gasteiger partial charge on any atom is -0.480 e. The van der Waals surface area contributed by atoms with Gasteiger partial charge in [-0.15, -0.1) is 0 Å². The van der Waals surface area contributed by atoms with Crippen molar-refractivity contribution < 1.29 is 14.7 Å². The first-order valence-corrected chi connectivity index (χ1v) is 6.72. The maximum Gasteiger partial charge on any atom is 0.326 e. The number of rotatable bonds is 3. The fourth-order valence-corrected chi connectivity index (χ4v) is 2.12. The zero-order chi connectivity index (χ0) is 14.8. The molecule has 0 aliphatic heterocycles. The van der Waals surface area contributed by atoms with Crippen molar-refractivity contribution in [1.29, 1.82) is 0 Å². The Hall–Kier alpha value is -1.36. The second-order valence-corrected chi connectivity index (χ2v) is 6.34. The van der Waals surface area contributed by atoms with Crippen LogP contribution in [0.1, 0.15) is 36.7 Å². The van der Waals surface area contributed by atoms with E-state index in [-0.39, 0.29) is 0 Å². The van der Waals surface area contributed by atoms with Crippen molar-refractivity contribution in [3.8, 4) is 0 Å². The first kappa shape index (κ1) is 15.7. The van der Waals surface area contributed by atoms with E-state index in [9.17, 15) is 14.7 Å². The number of hydrogen-bond donors (Lipinski definition) is 2. The number of carboxylic acid groups (broad SMARTS) is 1. The Morgan fingerprint density at radius 3 is 2.37 bits per heavy atom. The predicted octanol–water partition coefficient (Wildman–Crippen LogP) is 2.99. The van der Waals surface area contributed by atoms with Gasteiger partial charge in [0.1, 0.15) is 6.04 Å². The lowest BCUT2D eigenvalue weighted by Gasteiger charge is -2.28. The van der Waals surface area contributed by atoms with Crippen LogP contribution in [0.25, 0.3) is 0 Å². The molecule has 0 unspecified atom stereocenters. The van der Waals surface area contributed by atoms with Crippen LogP contribution >= 0.6 is 15.9 Å². The molecule has 2 N–H and O–H groups in total. The number of carboxylic acids is 1. The van der Waals surface area contributed by atoms with Crippen LogP contribution in [0.15, 0.2) is 22.7 Å². The highest BCUT2D eigenvalue weighted by Crippen LogP contribution is 2.23. The van der Waals surface area contributed by atoms with Crippen LogP contribution in [0, 0.1) is 12.3 Å². The fourth-order valence-electron chi connectivity index (χ4n) is 1.68. The van der Waals surface area contributed by atoms with Gasteiger partial charge >= 0.3 is 5.97 Å². The number of nitrogens with one attached hydrogen (secondary N) is 1. The number of aryl methyl sites for hydroxylation is 1. The Morgan fingerprint density at radius 1 is 1.32 bits per heavy atom. The normalized spacial score (nSPS) is 12.9. The summed E-state index contributed by atoms with van der Waals surface area (Å²) in [5.74, 6) is -1.43. The molecule has 1 aromatic carbocycles. The van der Waals surface area contributed by atoms with E-state index in [0.717, 1.165) is 5.56 Å². The summed E-state index contributed by atoms with van der Waals surface area (Å²) in [6.07, 6.45) is 0. The molecule has 19 heavy (non-hydrogen) atoms.